The third-order valence-corrected chi connectivity index (χ3v) is 12.9. The van der Waals surface area contributed by atoms with Gasteiger partial charge < -0.3 is 28.5 Å². The van der Waals surface area contributed by atoms with Gasteiger partial charge >= 0.3 is 12.1 Å². The van der Waals surface area contributed by atoms with Crippen LogP contribution in [-0.4, -0.2) is 67.7 Å². The number of hydrogen-bond acceptors (Lipinski definition) is 7. The molecule has 1 aromatic heterocycles. The third-order valence-electron chi connectivity index (χ3n) is 8.40. The number of aromatic amines is 1. The molecule has 2 aromatic carbocycles. The lowest BCUT2D eigenvalue weighted by atomic mass is 9.83. The van der Waals surface area contributed by atoms with Crippen molar-refractivity contribution in [3.05, 3.63) is 66.1 Å². The Kier molecular flexibility index (Phi) is 9.95. The number of para-hydroxylation sites is 1. The largest absolute Gasteiger partial charge is 0.464 e. The maximum Gasteiger partial charge on any atom is 0.410 e. The van der Waals surface area contributed by atoms with Crippen molar-refractivity contribution in [1.29, 1.82) is 0 Å². The number of carbonyl (C=O) groups is 2. The Morgan fingerprint density at radius 1 is 0.977 bits per heavy atom. The highest BCUT2D eigenvalue weighted by Gasteiger charge is 2.42. The Hall–Kier alpha value is -3.63. The molecule has 3 aromatic rings. The van der Waals surface area contributed by atoms with Crippen molar-refractivity contribution in [1.82, 2.24) is 14.9 Å². The number of nitrogens with one attached hydrogen (secondary N) is 1. The van der Waals surface area contributed by atoms with Crippen molar-refractivity contribution < 1.29 is 28.2 Å². The van der Waals surface area contributed by atoms with Crippen LogP contribution in [0.2, 0.25) is 18.1 Å². The van der Waals surface area contributed by atoms with Gasteiger partial charge in [-0.3, -0.25) is 0 Å². The number of esters is 1. The van der Waals surface area contributed by atoms with E-state index in [0.717, 1.165) is 11.3 Å². The number of methoxy groups -OCH3 is 1. The molecule has 1 aliphatic rings. The van der Waals surface area contributed by atoms with E-state index < -0.39 is 19.9 Å². The molecule has 1 saturated heterocycles. The van der Waals surface area contributed by atoms with Gasteiger partial charge in [-0.2, -0.15) is 0 Å². The van der Waals surface area contributed by atoms with Crippen LogP contribution in [0.5, 0.6) is 11.5 Å². The Bertz CT molecular complexity index is 1420. The van der Waals surface area contributed by atoms with Gasteiger partial charge in [0, 0.05) is 37.1 Å². The van der Waals surface area contributed by atoms with Gasteiger partial charge in [-0.15, -0.1) is 0 Å². The Morgan fingerprint density at radius 2 is 1.59 bits per heavy atom. The summed E-state index contributed by atoms with van der Waals surface area (Å²) in [5.74, 6) is 1.64. The summed E-state index contributed by atoms with van der Waals surface area (Å²) in [5.41, 5.74) is 0.995. The van der Waals surface area contributed by atoms with E-state index in [0.29, 0.717) is 43.4 Å². The average Bonchev–Trinajstić information content (AvgIpc) is 3.35. The van der Waals surface area contributed by atoms with Crippen LogP contribution in [0, 0.1) is 5.92 Å². The SMILES string of the molecule is COC(=O)c1[nH]c(C(CCO[Si](C)(C)C(C)(C)C)C2CN(C(=O)OC(C)(C)C)C2)nc1-c1ccc(Oc2ccccc2)cc1. The predicted molar refractivity (Wildman–Crippen MR) is 174 cm³/mol. The number of ether oxygens (including phenoxy) is 3. The van der Waals surface area contributed by atoms with Crippen molar-refractivity contribution in [2.75, 3.05) is 26.8 Å². The lowest BCUT2D eigenvalue weighted by Gasteiger charge is -2.43. The molecule has 44 heavy (non-hydrogen) atoms. The predicted octanol–water partition coefficient (Wildman–Crippen LogP) is 8.02. The summed E-state index contributed by atoms with van der Waals surface area (Å²) in [4.78, 5) is 35.6. The molecular formula is C34H47N3O6Si. The van der Waals surface area contributed by atoms with Crippen LogP contribution in [0.25, 0.3) is 11.3 Å². The summed E-state index contributed by atoms with van der Waals surface area (Å²) in [6.07, 6.45) is 0.370. The molecule has 1 fully saturated rings. The molecule has 1 aliphatic heterocycles. The summed E-state index contributed by atoms with van der Waals surface area (Å²) >= 11 is 0. The van der Waals surface area contributed by atoms with E-state index in [2.05, 4.69) is 38.8 Å². The zero-order valence-corrected chi connectivity index (χ0v) is 28.5. The lowest BCUT2D eigenvalue weighted by Crippen LogP contribution is -2.53. The van der Waals surface area contributed by atoms with Gasteiger partial charge in [-0.1, -0.05) is 39.0 Å². The summed E-state index contributed by atoms with van der Waals surface area (Å²) in [6.45, 7) is 18.4. The molecule has 10 heteroatoms. The number of H-pyrrole nitrogens is 1. The first-order chi connectivity index (χ1) is 20.6. The van der Waals surface area contributed by atoms with Crippen molar-refractivity contribution in [3.8, 4) is 22.8 Å². The van der Waals surface area contributed by atoms with Gasteiger partial charge in [0.2, 0.25) is 0 Å². The molecule has 1 N–H and O–H groups in total. The number of rotatable bonds is 10. The van der Waals surface area contributed by atoms with Crippen molar-refractivity contribution in [2.24, 2.45) is 5.92 Å². The molecular weight excluding hydrogens is 574 g/mol. The minimum Gasteiger partial charge on any atom is -0.464 e. The van der Waals surface area contributed by atoms with E-state index in [1.165, 1.54) is 7.11 Å². The fourth-order valence-electron chi connectivity index (χ4n) is 4.83. The molecule has 0 bridgehead atoms. The molecule has 0 saturated carbocycles. The first-order valence-electron chi connectivity index (χ1n) is 15.2. The first kappa shape index (κ1) is 33.3. The van der Waals surface area contributed by atoms with Crippen LogP contribution in [0.1, 0.15) is 70.2 Å². The minimum atomic E-state index is -1.97. The molecule has 1 amide bonds. The molecule has 0 spiro atoms. The second kappa shape index (κ2) is 13.2. The molecule has 1 atom stereocenters. The number of aromatic nitrogens is 2. The van der Waals surface area contributed by atoms with Crippen LogP contribution in [0.3, 0.4) is 0 Å². The maximum absolute atomic E-state index is 12.9. The molecule has 9 nitrogen and oxygen atoms in total. The summed E-state index contributed by atoms with van der Waals surface area (Å²) in [5, 5.41) is 0.0821. The van der Waals surface area contributed by atoms with Crippen LogP contribution in [-0.2, 0) is 13.9 Å². The zero-order valence-electron chi connectivity index (χ0n) is 27.5. The van der Waals surface area contributed by atoms with E-state index in [1.807, 2.05) is 75.4 Å². The monoisotopic (exact) mass is 621 g/mol. The van der Waals surface area contributed by atoms with Crippen LogP contribution < -0.4 is 4.74 Å². The standard InChI is InChI=1S/C34H47N3O6Si/c1-33(2,3)43-32(39)37-21-24(22-37)27(19-20-41-44(8,9)34(4,5)6)30-35-28(29(36-30)31(38)40-7)23-15-17-26(18-16-23)42-25-13-11-10-12-14-25/h10-18,24,27H,19-22H2,1-9H3,(H,35,36). The number of carbonyl (C=O) groups excluding carboxylic acids is 2. The number of likely N-dealkylation sites (tertiary alicyclic amines) is 1. The number of amides is 1. The molecule has 0 radical (unpaired) electrons. The average molecular weight is 622 g/mol. The second-order valence-corrected chi connectivity index (χ2v) is 18.7. The molecule has 238 valence electrons. The van der Waals surface area contributed by atoms with Gasteiger partial charge in [0.05, 0.1) is 7.11 Å². The van der Waals surface area contributed by atoms with Crippen molar-refractivity contribution in [3.63, 3.8) is 0 Å². The smallest absolute Gasteiger partial charge is 0.410 e. The van der Waals surface area contributed by atoms with Gasteiger partial charge in [0.25, 0.3) is 0 Å². The summed E-state index contributed by atoms with van der Waals surface area (Å²) in [6, 6.07) is 17.0. The minimum absolute atomic E-state index is 0.0729. The normalized spacial score (nSPS) is 15.0. The van der Waals surface area contributed by atoms with Crippen molar-refractivity contribution in [2.45, 2.75) is 77.6 Å². The second-order valence-electron chi connectivity index (χ2n) is 13.9. The van der Waals surface area contributed by atoms with E-state index in [1.54, 1.807) is 4.90 Å². The summed E-state index contributed by atoms with van der Waals surface area (Å²) < 4.78 is 23.2. The van der Waals surface area contributed by atoms with E-state index >= 15 is 0 Å². The Labute approximate surface area is 262 Å². The maximum atomic E-state index is 12.9. The fraction of sp³-hybridized carbons (Fsp3) is 0.500. The number of hydrogen-bond donors (Lipinski definition) is 1. The van der Waals surface area contributed by atoms with E-state index in [4.69, 9.17) is 23.6 Å². The first-order valence-corrected chi connectivity index (χ1v) is 18.1. The van der Waals surface area contributed by atoms with Crippen LogP contribution >= 0.6 is 0 Å². The Morgan fingerprint density at radius 3 is 2.16 bits per heavy atom. The highest BCUT2D eigenvalue weighted by Crippen LogP contribution is 2.39. The zero-order chi connectivity index (χ0) is 32.3. The number of benzene rings is 2. The topological polar surface area (TPSA) is 103 Å². The van der Waals surface area contributed by atoms with Crippen LogP contribution in [0.4, 0.5) is 4.79 Å². The molecule has 4 rings (SSSR count). The van der Waals surface area contributed by atoms with Gasteiger partial charge in [-0.05, 0) is 81.7 Å². The van der Waals surface area contributed by atoms with Gasteiger partial charge in [-0.25, -0.2) is 14.6 Å². The highest BCUT2D eigenvalue weighted by molar-refractivity contribution is 6.74. The molecule has 2 heterocycles. The Balaban J connectivity index is 1.60. The fourth-order valence-corrected chi connectivity index (χ4v) is 5.89. The van der Waals surface area contributed by atoms with Gasteiger partial charge in [0.15, 0.2) is 14.0 Å². The number of imidazole rings is 1. The van der Waals surface area contributed by atoms with Crippen LogP contribution in [0.15, 0.2) is 54.6 Å². The number of nitrogens with zero attached hydrogens (tertiary/aromatic N) is 2. The third kappa shape index (κ3) is 8.09. The van der Waals surface area contributed by atoms with E-state index in [-0.39, 0.29) is 28.7 Å². The molecule has 0 aliphatic carbocycles. The van der Waals surface area contributed by atoms with E-state index in [9.17, 15) is 9.59 Å². The lowest BCUT2D eigenvalue weighted by molar-refractivity contribution is -0.00666. The molecule has 1 unspecified atom stereocenters. The summed E-state index contributed by atoms with van der Waals surface area (Å²) in [7, 11) is -0.615. The quantitative estimate of drug-likeness (QED) is 0.181. The highest BCUT2D eigenvalue weighted by atomic mass is 28.4. The van der Waals surface area contributed by atoms with Crippen molar-refractivity contribution >= 4 is 20.4 Å². The van der Waals surface area contributed by atoms with Gasteiger partial charge in [0.1, 0.15) is 28.6 Å².